The Hall–Kier alpha value is -2.59. The normalized spacial score (nSPS) is 16.1. The summed E-state index contributed by atoms with van der Waals surface area (Å²) in [6, 6.07) is 19.5. The van der Waals surface area contributed by atoms with Gasteiger partial charge in [0, 0.05) is 39.3 Å². The first-order valence-corrected chi connectivity index (χ1v) is 10.1. The van der Waals surface area contributed by atoms with Gasteiger partial charge >= 0.3 is 0 Å². The Labute approximate surface area is 172 Å². The van der Waals surface area contributed by atoms with E-state index in [4.69, 9.17) is 14.7 Å². The third-order valence-electron chi connectivity index (χ3n) is 5.00. The molecule has 2 aromatic rings. The van der Waals surface area contributed by atoms with E-state index in [1.54, 1.807) is 0 Å². The highest BCUT2D eigenvalue weighted by molar-refractivity contribution is 5.28. The number of hydrogen-bond donors (Lipinski definition) is 1. The smallest absolute Gasteiger partial charge is 0.119 e. The maximum Gasteiger partial charge on any atom is 0.119 e. The van der Waals surface area contributed by atoms with Crippen molar-refractivity contribution in [2.75, 3.05) is 52.5 Å². The molecule has 0 bridgehead atoms. The lowest BCUT2D eigenvalue weighted by atomic mass is 10.2. The van der Waals surface area contributed by atoms with Crippen LogP contribution in [-0.2, 0) is 6.42 Å². The number of para-hydroxylation sites is 1. The van der Waals surface area contributed by atoms with E-state index in [0.29, 0.717) is 25.3 Å². The van der Waals surface area contributed by atoms with Crippen molar-refractivity contribution in [3.63, 3.8) is 0 Å². The van der Waals surface area contributed by atoms with Gasteiger partial charge in [0.1, 0.15) is 30.8 Å². The fourth-order valence-corrected chi connectivity index (χ4v) is 3.34. The van der Waals surface area contributed by atoms with Gasteiger partial charge in [-0.2, -0.15) is 5.26 Å². The largest absolute Gasteiger partial charge is 0.492 e. The lowest BCUT2D eigenvalue weighted by Crippen LogP contribution is -2.50. The fraction of sp³-hybridized carbons (Fsp3) is 0.435. The van der Waals surface area contributed by atoms with Crippen LogP contribution in [0.25, 0.3) is 0 Å². The summed E-state index contributed by atoms with van der Waals surface area (Å²) in [7, 11) is 0. The van der Waals surface area contributed by atoms with Gasteiger partial charge in [0.25, 0.3) is 0 Å². The molecule has 1 N–H and O–H groups in total. The molecular formula is C23H29N3O3. The number of nitriles is 1. The number of aliphatic hydroxyl groups is 1. The lowest BCUT2D eigenvalue weighted by molar-refractivity contribution is 0.0436. The Bertz CT molecular complexity index is 753. The molecule has 6 nitrogen and oxygen atoms in total. The molecule has 1 unspecified atom stereocenters. The molecule has 1 saturated heterocycles. The monoisotopic (exact) mass is 395 g/mol. The number of hydrogen-bond acceptors (Lipinski definition) is 6. The lowest BCUT2D eigenvalue weighted by Gasteiger charge is -2.35. The Kier molecular flexibility index (Phi) is 8.32. The minimum atomic E-state index is -0.526. The molecule has 1 aliphatic heterocycles. The first-order chi connectivity index (χ1) is 14.2. The summed E-state index contributed by atoms with van der Waals surface area (Å²) in [5.74, 6) is 1.63. The molecule has 1 aliphatic rings. The molecule has 1 atom stereocenters. The van der Waals surface area contributed by atoms with Crippen LogP contribution in [0.5, 0.6) is 11.5 Å². The van der Waals surface area contributed by atoms with Crippen molar-refractivity contribution in [2.24, 2.45) is 0 Å². The van der Waals surface area contributed by atoms with Crippen LogP contribution >= 0.6 is 0 Å². The first-order valence-electron chi connectivity index (χ1n) is 10.1. The van der Waals surface area contributed by atoms with Gasteiger partial charge in [-0.25, -0.2) is 0 Å². The molecule has 3 rings (SSSR count). The van der Waals surface area contributed by atoms with Gasteiger partial charge in [0.15, 0.2) is 0 Å². The first kappa shape index (κ1) is 21.1. The SMILES string of the molecule is N#CCc1ccc(OCC(O)CN2CCN(CCOc3ccccc3)CC2)cc1. The third kappa shape index (κ3) is 7.39. The molecule has 1 fully saturated rings. The quantitative estimate of drug-likeness (QED) is 0.665. The zero-order chi connectivity index (χ0) is 20.3. The molecule has 0 aromatic heterocycles. The van der Waals surface area contributed by atoms with Crippen molar-refractivity contribution >= 4 is 0 Å². The Balaban J connectivity index is 1.29. The van der Waals surface area contributed by atoms with Crippen LogP contribution in [0.1, 0.15) is 5.56 Å². The van der Waals surface area contributed by atoms with Gasteiger partial charge in [0.05, 0.1) is 12.5 Å². The van der Waals surface area contributed by atoms with E-state index in [0.717, 1.165) is 44.0 Å². The van der Waals surface area contributed by atoms with Crippen molar-refractivity contribution < 1.29 is 14.6 Å². The third-order valence-corrected chi connectivity index (χ3v) is 5.00. The summed E-state index contributed by atoms with van der Waals surface area (Å²) in [5, 5.41) is 19.0. The van der Waals surface area contributed by atoms with Gasteiger partial charge < -0.3 is 14.6 Å². The zero-order valence-electron chi connectivity index (χ0n) is 16.7. The minimum Gasteiger partial charge on any atom is -0.492 e. The average Bonchev–Trinajstić information content (AvgIpc) is 2.75. The summed E-state index contributed by atoms with van der Waals surface area (Å²) < 4.78 is 11.4. The van der Waals surface area contributed by atoms with E-state index in [-0.39, 0.29) is 6.61 Å². The summed E-state index contributed by atoms with van der Waals surface area (Å²) >= 11 is 0. The van der Waals surface area contributed by atoms with Gasteiger partial charge in [-0.1, -0.05) is 30.3 Å². The van der Waals surface area contributed by atoms with Crippen LogP contribution in [0.3, 0.4) is 0 Å². The maximum atomic E-state index is 10.3. The predicted octanol–water partition coefficient (Wildman–Crippen LogP) is 2.19. The molecule has 29 heavy (non-hydrogen) atoms. The molecule has 0 amide bonds. The summed E-state index contributed by atoms with van der Waals surface area (Å²) in [4.78, 5) is 4.67. The second kappa shape index (κ2) is 11.4. The van der Waals surface area contributed by atoms with E-state index in [2.05, 4.69) is 15.9 Å². The van der Waals surface area contributed by atoms with E-state index < -0.39 is 6.10 Å². The van der Waals surface area contributed by atoms with E-state index in [9.17, 15) is 5.11 Å². The Morgan fingerprint density at radius 3 is 2.24 bits per heavy atom. The van der Waals surface area contributed by atoms with Crippen LogP contribution in [0, 0.1) is 11.3 Å². The molecule has 0 radical (unpaired) electrons. The number of rotatable bonds is 10. The van der Waals surface area contributed by atoms with Crippen molar-refractivity contribution in [3.05, 3.63) is 60.2 Å². The molecular weight excluding hydrogens is 366 g/mol. The second-order valence-corrected chi connectivity index (χ2v) is 7.25. The second-order valence-electron chi connectivity index (χ2n) is 7.25. The Morgan fingerprint density at radius 2 is 1.55 bits per heavy atom. The number of piperazine rings is 1. The Morgan fingerprint density at radius 1 is 0.897 bits per heavy atom. The molecule has 1 heterocycles. The summed E-state index contributed by atoms with van der Waals surface area (Å²) in [6.07, 6.45) is -0.130. The highest BCUT2D eigenvalue weighted by atomic mass is 16.5. The number of ether oxygens (including phenoxy) is 2. The van der Waals surface area contributed by atoms with Crippen LogP contribution in [0.2, 0.25) is 0 Å². The van der Waals surface area contributed by atoms with Crippen LogP contribution in [-0.4, -0.2) is 73.5 Å². The topological polar surface area (TPSA) is 69.0 Å². The summed E-state index contributed by atoms with van der Waals surface area (Å²) in [6.45, 7) is 6.31. The van der Waals surface area contributed by atoms with Gasteiger partial charge in [-0.15, -0.1) is 0 Å². The molecule has 0 saturated carbocycles. The van der Waals surface area contributed by atoms with Crippen molar-refractivity contribution in [3.8, 4) is 17.6 Å². The number of β-amino-alcohol motifs (C(OH)–C–C–N with tert-alkyl or cyclic N) is 1. The maximum absolute atomic E-state index is 10.3. The fourth-order valence-electron chi connectivity index (χ4n) is 3.34. The van der Waals surface area contributed by atoms with Crippen LogP contribution in [0.15, 0.2) is 54.6 Å². The van der Waals surface area contributed by atoms with Crippen LogP contribution in [0.4, 0.5) is 0 Å². The zero-order valence-corrected chi connectivity index (χ0v) is 16.7. The molecule has 2 aromatic carbocycles. The van der Waals surface area contributed by atoms with Crippen molar-refractivity contribution in [1.29, 1.82) is 5.26 Å². The van der Waals surface area contributed by atoms with Crippen LogP contribution < -0.4 is 9.47 Å². The average molecular weight is 396 g/mol. The number of aliphatic hydroxyl groups excluding tert-OH is 1. The van der Waals surface area contributed by atoms with E-state index in [1.165, 1.54) is 0 Å². The highest BCUT2D eigenvalue weighted by Gasteiger charge is 2.19. The molecule has 154 valence electrons. The van der Waals surface area contributed by atoms with Crippen molar-refractivity contribution in [1.82, 2.24) is 9.80 Å². The molecule has 6 heteroatoms. The van der Waals surface area contributed by atoms with Gasteiger partial charge in [-0.05, 0) is 29.8 Å². The molecule has 0 aliphatic carbocycles. The molecule has 0 spiro atoms. The summed E-state index contributed by atoms with van der Waals surface area (Å²) in [5.41, 5.74) is 0.965. The van der Waals surface area contributed by atoms with E-state index >= 15 is 0 Å². The van der Waals surface area contributed by atoms with Gasteiger partial charge in [-0.3, -0.25) is 9.80 Å². The number of benzene rings is 2. The predicted molar refractivity (Wildman–Crippen MR) is 112 cm³/mol. The highest BCUT2D eigenvalue weighted by Crippen LogP contribution is 2.13. The standard InChI is InChI=1S/C23H29N3O3/c24-11-10-20-6-8-23(9-7-20)29-19-21(27)18-26-14-12-25(13-15-26)16-17-28-22-4-2-1-3-5-22/h1-9,21,27H,10,12-19H2. The van der Waals surface area contributed by atoms with E-state index in [1.807, 2.05) is 54.6 Å². The van der Waals surface area contributed by atoms with Crippen molar-refractivity contribution in [2.45, 2.75) is 12.5 Å². The minimum absolute atomic E-state index is 0.267. The van der Waals surface area contributed by atoms with Gasteiger partial charge in [0.2, 0.25) is 0 Å². The number of nitrogens with zero attached hydrogens (tertiary/aromatic N) is 3.